The van der Waals surface area contributed by atoms with E-state index in [0.717, 1.165) is 11.3 Å². The lowest BCUT2D eigenvalue weighted by Gasteiger charge is -2.09. The second-order valence-corrected chi connectivity index (χ2v) is 5.28. The Bertz CT molecular complexity index is 685. The van der Waals surface area contributed by atoms with Gasteiger partial charge in [-0.25, -0.2) is 0 Å². The van der Waals surface area contributed by atoms with E-state index >= 15 is 0 Å². The van der Waals surface area contributed by atoms with Crippen LogP contribution in [0.25, 0.3) is 0 Å². The van der Waals surface area contributed by atoms with Crippen molar-refractivity contribution in [2.75, 3.05) is 5.32 Å². The quantitative estimate of drug-likeness (QED) is 0.856. The first kappa shape index (κ1) is 17.2. The number of halogens is 3. The monoisotopic (exact) mass is 344 g/mol. The Morgan fingerprint density at radius 3 is 2.74 bits per heavy atom. The molecule has 1 heterocycles. The first-order valence-corrected chi connectivity index (χ1v) is 7.20. The summed E-state index contributed by atoms with van der Waals surface area (Å²) in [5.74, 6) is 0.311. The standard InChI is InChI=1S/C15H15ClF2N2O3/c1-8-11(9(2)23-20-8)4-6-14(21)19-10-3-5-13(12(16)7-10)22-15(17)18/h3,5,7,15H,4,6H2,1-2H3,(H,19,21). The molecule has 5 nitrogen and oxygen atoms in total. The molecule has 0 radical (unpaired) electrons. The van der Waals surface area contributed by atoms with E-state index in [4.69, 9.17) is 16.1 Å². The fourth-order valence-corrected chi connectivity index (χ4v) is 2.32. The van der Waals surface area contributed by atoms with Gasteiger partial charge < -0.3 is 14.6 Å². The van der Waals surface area contributed by atoms with Crippen LogP contribution in [0.4, 0.5) is 14.5 Å². The van der Waals surface area contributed by atoms with E-state index < -0.39 is 6.61 Å². The summed E-state index contributed by atoms with van der Waals surface area (Å²) in [5.41, 5.74) is 2.06. The summed E-state index contributed by atoms with van der Waals surface area (Å²) in [6.07, 6.45) is 0.725. The van der Waals surface area contributed by atoms with Gasteiger partial charge in [-0.05, 0) is 38.5 Å². The molecular formula is C15H15ClF2N2O3. The van der Waals surface area contributed by atoms with Gasteiger partial charge in [0.05, 0.1) is 10.7 Å². The number of nitrogens with zero attached hydrogens (tertiary/aromatic N) is 1. The van der Waals surface area contributed by atoms with Gasteiger partial charge in [0.25, 0.3) is 0 Å². The summed E-state index contributed by atoms with van der Waals surface area (Å²) in [4.78, 5) is 11.9. The highest BCUT2D eigenvalue weighted by molar-refractivity contribution is 6.32. The van der Waals surface area contributed by atoms with Gasteiger partial charge >= 0.3 is 6.61 Å². The molecule has 0 aliphatic rings. The maximum atomic E-state index is 12.1. The van der Waals surface area contributed by atoms with Gasteiger partial charge in [0, 0.05) is 17.7 Å². The fourth-order valence-electron chi connectivity index (χ4n) is 2.09. The molecular weight excluding hydrogens is 330 g/mol. The first-order valence-electron chi connectivity index (χ1n) is 6.82. The SMILES string of the molecule is Cc1noc(C)c1CCC(=O)Nc1ccc(OC(F)F)c(Cl)c1. The zero-order chi connectivity index (χ0) is 17.0. The minimum atomic E-state index is -2.96. The van der Waals surface area contributed by atoms with E-state index in [0.29, 0.717) is 17.9 Å². The minimum Gasteiger partial charge on any atom is -0.433 e. The van der Waals surface area contributed by atoms with Gasteiger partial charge in [0.15, 0.2) is 0 Å². The molecule has 124 valence electrons. The number of carbonyl (C=O) groups excluding carboxylic acids is 1. The van der Waals surface area contributed by atoms with Crippen LogP contribution in [0.1, 0.15) is 23.4 Å². The number of benzene rings is 1. The Hall–Kier alpha value is -2.15. The Labute approximate surface area is 136 Å². The molecule has 1 aromatic carbocycles. The fraction of sp³-hybridized carbons (Fsp3) is 0.333. The maximum Gasteiger partial charge on any atom is 0.387 e. The Morgan fingerprint density at radius 1 is 1.43 bits per heavy atom. The molecule has 0 spiro atoms. The van der Waals surface area contributed by atoms with Crippen LogP contribution in [0.15, 0.2) is 22.7 Å². The van der Waals surface area contributed by atoms with Crippen molar-refractivity contribution in [2.45, 2.75) is 33.3 Å². The lowest BCUT2D eigenvalue weighted by Crippen LogP contribution is -2.13. The lowest BCUT2D eigenvalue weighted by atomic mass is 10.1. The van der Waals surface area contributed by atoms with Gasteiger partial charge in [-0.3, -0.25) is 4.79 Å². The zero-order valence-corrected chi connectivity index (χ0v) is 13.3. The Morgan fingerprint density at radius 2 is 2.17 bits per heavy atom. The third-order valence-electron chi connectivity index (χ3n) is 3.21. The Balaban J connectivity index is 1.94. The van der Waals surface area contributed by atoms with Crippen molar-refractivity contribution in [3.8, 4) is 5.75 Å². The number of alkyl halides is 2. The Kier molecular flexibility index (Phi) is 5.54. The topological polar surface area (TPSA) is 64.4 Å². The number of ether oxygens (including phenoxy) is 1. The van der Waals surface area contributed by atoms with Gasteiger partial charge in [-0.1, -0.05) is 16.8 Å². The van der Waals surface area contributed by atoms with E-state index in [1.807, 2.05) is 6.92 Å². The second-order valence-electron chi connectivity index (χ2n) is 4.87. The van der Waals surface area contributed by atoms with Crippen molar-refractivity contribution in [2.24, 2.45) is 0 Å². The average Bonchev–Trinajstić information content (AvgIpc) is 2.78. The summed E-state index contributed by atoms with van der Waals surface area (Å²) in [5, 5.41) is 6.47. The molecule has 0 saturated carbocycles. The number of amides is 1. The molecule has 0 aliphatic heterocycles. The first-order chi connectivity index (χ1) is 10.9. The molecule has 0 unspecified atom stereocenters. The van der Waals surface area contributed by atoms with Crippen molar-refractivity contribution in [3.05, 3.63) is 40.2 Å². The summed E-state index contributed by atoms with van der Waals surface area (Å²) in [6.45, 7) is 0.642. The van der Waals surface area contributed by atoms with Gasteiger partial charge in [-0.2, -0.15) is 8.78 Å². The number of anilines is 1. The molecule has 0 fully saturated rings. The molecule has 0 bridgehead atoms. The van der Waals surface area contributed by atoms with Crippen LogP contribution < -0.4 is 10.1 Å². The predicted molar refractivity (Wildman–Crippen MR) is 81.0 cm³/mol. The molecule has 0 aliphatic carbocycles. The summed E-state index contributed by atoms with van der Waals surface area (Å²) >= 11 is 5.83. The van der Waals surface area contributed by atoms with Gasteiger partial charge in [-0.15, -0.1) is 0 Å². The van der Waals surface area contributed by atoms with Crippen LogP contribution in [0.3, 0.4) is 0 Å². The van der Waals surface area contributed by atoms with E-state index in [9.17, 15) is 13.6 Å². The highest BCUT2D eigenvalue weighted by Crippen LogP contribution is 2.29. The number of rotatable bonds is 6. The van der Waals surface area contributed by atoms with Crippen LogP contribution in [-0.2, 0) is 11.2 Å². The normalized spacial score (nSPS) is 10.9. The molecule has 0 atom stereocenters. The molecule has 1 amide bonds. The number of nitrogens with one attached hydrogen (secondary N) is 1. The highest BCUT2D eigenvalue weighted by Gasteiger charge is 2.13. The number of hydrogen-bond donors (Lipinski definition) is 1. The summed E-state index contributed by atoms with van der Waals surface area (Å²) in [6, 6.07) is 4.07. The van der Waals surface area contributed by atoms with E-state index in [1.165, 1.54) is 18.2 Å². The van der Waals surface area contributed by atoms with Crippen LogP contribution in [-0.4, -0.2) is 17.7 Å². The van der Waals surface area contributed by atoms with E-state index in [1.54, 1.807) is 6.92 Å². The summed E-state index contributed by atoms with van der Waals surface area (Å²) < 4.78 is 33.6. The largest absolute Gasteiger partial charge is 0.433 e. The van der Waals surface area contributed by atoms with E-state index in [2.05, 4.69) is 15.2 Å². The van der Waals surface area contributed by atoms with Crippen molar-refractivity contribution < 1.29 is 22.8 Å². The molecule has 23 heavy (non-hydrogen) atoms. The number of aromatic nitrogens is 1. The van der Waals surface area contributed by atoms with Crippen molar-refractivity contribution in [3.63, 3.8) is 0 Å². The number of hydrogen-bond acceptors (Lipinski definition) is 4. The van der Waals surface area contributed by atoms with Crippen molar-refractivity contribution in [1.29, 1.82) is 0 Å². The molecule has 2 aromatic rings. The minimum absolute atomic E-state index is 0.00572. The molecule has 0 saturated heterocycles. The lowest BCUT2D eigenvalue weighted by molar-refractivity contribution is -0.116. The van der Waals surface area contributed by atoms with E-state index in [-0.39, 0.29) is 23.1 Å². The van der Waals surface area contributed by atoms with Crippen LogP contribution in [0.2, 0.25) is 5.02 Å². The smallest absolute Gasteiger partial charge is 0.387 e. The predicted octanol–water partition coefficient (Wildman–Crippen LogP) is 4.12. The van der Waals surface area contributed by atoms with Crippen molar-refractivity contribution in [1.82, 2.24) is 5.16 Å². The molecule has 2 rings (SSSR count). The van der Waals surface area contributed by atoms with Gasteiger partial charge in [0.1, 0.15) is 11.5 Å². The third-order valence-corrected chi connectivity index (χ3v) is 3.51. The van der Waals surface area contributed by atoms with Crippen molar-refractivity contribution >= 4 is 23.2 Å². The molecule has 8 heteroatoms. The van der Waals surface area contributed by atoms with Crippen LogP contribution >= 0.6 is 11.6 Å². The average molecular weight is 345 g/mol. The number of aryl methyl sites for hydroxylation is 2. The third kappa shape index (κ3) is 4.66. The molecule has 1 aromatic heterocycles. The van der Waals surface area contributed by atoms with Crippen LogP contribution in [0, 0.1) is 13.8 Å². The second kappa shape index (κ2) is 7.41. The highest BCUT2D eigenvalue weighted by atomic mass is 35.5. The zero-order valence-electron chi connectivity index (χ0n) is 12.5. The van der Waals surface area contributed by atoms with Crippen LogP contribution in [0.5, 0.6) is 5.75 Å². The maximum absolute atomic E-state index is 12.1. The molecule has 1 N–H and O–H groups in total. The summed E-state index contributed by atoms with van der Waals surface area (Å²) in [7, 11) is 0. The number of carbonyl (C=O) groups is 1. The van der Waals surface area contributed by atoms with Gasteiger partial charge in [0.2, 0.25) is 5.91 Å².